The summed E-state index contributed by atoms with van der Waals surface area (Å²) in [5.74, 6) is 0.105. The number of benzene rings is 1. The van der Waals surface area contributed by atoms with Crippen molar-refractivity contribution in [2.45, 2.75) is 70.1 Å². The van der Waals surface area contributed by atoms with Crippen LogP contribution in [-0.2, 0) is 4.79 Å². The van der Waals surface area contributed by atoms with Crippen molar-refractivity contribution in [3.05, 3.63) is 29.3 Å². The predicted octanol–water partition coefficient (Wildman–Crippen LogP) is 2.94. The number of para-hydroxylation sites is 1. The van der Waals surface area contributed by atoms with Gasteiger partial charge in [-0.1, -0.05) is 18.2 Å². The molecule has 0 bridgehead atoms. The number of amides is 1. The maximum atomic E-state index is 13.4. The molecule has 3 rings (SSSR count). The Balaban J connectivity index is 1.71. The molecule has 0 unspecified atom stereocenters. The van der Waals surface area contributed by atoms with E-state index < -0.39 is 5.54 Å². The van der Waals surface area contributed by atoms with Crippen LogP contribution in [0.4, 0.5) is 5.69 Å². The topological polar surface area (TPSA) is 55.8 Å². The Morgan fingerprint density at radius 2 is 1.81 bits per heavy atom. The van der Waals surface area contributed by atoms with Crippen LogP contribution in [0.25, 0.3) is 0 Å². The zero-order valence-electron chi connectivity index (χ0n) is 17.3. The Labute approximate surface area is 163 Å². The molecule has 1 aliphatic carbocycles. The first-order valence-corrected chi connectivity index (χ1v) is 10.3. The number of hydrogen-bond donors (Lipinski definition) is 2. The summed E-state index contributed by atoms with van der Waals surface area (Å²) in [7, 11) is 4.04. The Kier molecular flexibility index (Phi) is 6.24. The first-order valence-electron chi connectivity index (χ1n) is 10.3. The monoisotopic (exact) mass is 373 g/mol. The van der Waals surface area contributed by atoms with Crippen LogP contribution in [0.2, 0.25) is 0 Å². The van der Waals surface area contributed by atoms with Crippen LogP contribution in [0.5, 0.6) is 0 Å². The minimum absolute atomic E-state index is 0.105. The van der Waals surface area contributed by atoms with Gasteiger partial charge < -0.3 is 15.3 Å². The molecule has 2 aliphatic rings. The van der Waals surface area contributed by atoms with Crippen LogP contribution in [0.1, 0.15) is 49.7 Å². The van der Waals surface area contributed by atoms with Crippen LogP contribution in [0.15, 0.2) is 18.2 Å². The number of aliphatic hydroxyl groups is 1. The molecule has 1 aromatic rings. The van der Waals surface area contributed by atoms with Crippen molar-refractivity contribution in [2.24, 2.45) is 0 Å². The normalized spacial score (nSPS) is 26.1. The van der Waals surface area contributed by atoms with Gasteiger partial charge >= 0.3 is 0 Å². The molecule has 5 nitrogen and oxygen atoms in total. The predicted molar refractivity (Wildman–Crippen MR) is 110 cm³/mol. The van der Waals surface area contributed by atoms with Gasteiger partial charge in [-0.3, -0.25) is 9.69 Å². The summed E-state index contributed by atoms with van der Waals surface area (Å²) in [6.45, 7) is 5.91. The Bertz CT molecular complexity index is 645. The fourth-order valence-electron chi connectivity index (χ4n) is 4.85. The van der Waals surface area contributed by atoms with Crippen molar-refractivity contribution in [3.63, 3.8) is 0 Å². The van der Waals surface area contributed by atoms with E-state index in [1.807, 2.05) is 46.1 Å². The second-order valence-electron chi connectivity index (χ2n) is 8.66. The van der Waals surface area contributed by atoms with Crippen LogP contribution in [-0.4, -0.2) is 65.7 Å². The number of likely N-dealkylation sites (tertiary alicyclic amines) is 1. The summed E-state index contributed by atoms with van der Waals surface area (Å²) >= 11 is 0. The molecular weight excluding hydrogens is 338 g/mol. The van der Waals surface area contributed by atoms with E-state index in [9.17, 15) is 9.90 Å². The highest BCUT2D eigenvalue weighted by atomic mass is 16.3. The Morgan fingerprint density at radius 1 is 1.19 bits per heavy atom. The van der Waals surface area contributed by atoms with Crippen molar-refractivity contribution in [3.8, 4) is 0 Å². The maximum absolute atomic E-state index is 13.4. The van der Waals surface area contributed by atoms with Gasteiger partial charge in [0.05, 0.1) is 6.10 Å². The third kappa shape index (κ3) is 4.20. The zero-order chi connectivity index (χ0) is 19.6. The minimum atomic E-state index is -0.474. The van der Waals surface area contributed by atoms with Gasteiger partial charge in [-0.25, -0.2) is 0 Å². The molecule has 1 aliphatic heterocycles. The third-order valence-electron chi connectivity index (χ3n) is 6.76. The molecule has 1 aromatic carbocycles. The molecule has 2 N–H and O–H groups in total. The van der Waals surface area contributed by atoms with Gasteiger partial charge in [0.1, 0.15) is 5.54 Å². The fraction of sp³-hybridized carbons (Fsp3) is 0.682. The number of hydrogen-bond acceptors (Lipinski definition) is 4. The van der Waals surface area contributed by atoms with Gasteiger partial charge in [0.25, 0.3) is 0 Å². The van der Waals surface area contributed by atoms with E-state index in [1.165, 1.54) is 6.42 Å². The van der Waals surface area contributed by atoms with Gasteiger partial charge in [-0.05, 0) is 77.6 Å². The van der Waals surface area contributed by atoms with E-state index >= 15 is 0 Å². The van der Waals surface area contributed by atoms with Crippen LogP contribution >= 0.6 is 0 Å². The molecule has 27 heavy (non-hydrogen) atoms. The number of carbonyl (C=O) groups is 1. The highest BCUT2D eigenvalue weighted by Gasteiger charge is 2.44. The number of nitrogens with one attached hydrogen (secondary N) is 1. The fourth-order valence-corrected chi connectivity index (χ4v) is 4.85. The zero-order valence-corrected chi connectivity index (χ0v) is 17.3. The number of aryl methyl sites for hydroxylation is 2. The maximum Gasteiger partial charge on any atom is 0.244 e. The first-order chi connectivity index (χ1) is 12.8. The molecule has 0 aromatic heterocycles. The Hall–Kier alpha value is -1.43. The lowest BCUT2D eigenvalue weighted by Gasteiger charge is -2.47. The lowest BCUT2D eigenvalue weighted by atomic mass is 9.82. The van der Waals surface area contributed by atoms with Gasteiger partial charge in [-0.15, -0.1) is 0 Å². The van der Waals surface area contributed by atoms with Gasteiger partial charge in [0.15, 0.2) is 0 Å². The molecular formula is C22H35N3O2. The number of aliphatic hydroxyl groups excluding tert-OH is 1. The summed E-state index contributed by atoms with van der Waals surface area (Å²) in [5, 5.41) is 13.2. The van der Waals surface area contributed by atoms with Crippen LogP contribution in [0.3, 0.4) is 0 Å². The number of nitrogens with zero attached hydrogens (tertiary/aromatic N) is 2. The van der Waals surface area contributed by atoms with Gasteiger partial charge in [0.2, 0.25) is 5.91 Å². The average Bonchev–Trinajstić information content (AvgIpc) is 2.64. The summed E-state index contributed by atoms with van der Waals surface area (Å²) in [6, 6.07) is 6.58. The average molecular weight is 374 g/mol. The second kappa shape index (κ2) is 8.29. The van der Waals surface area contributed by atoms with E-state index in [4.69, 9.17) is 0 Å². The summed E-state index contributed by atoms with van der Waals surface area (Å²) in [4.78, 5) is 18.0. The molecule has 1 heterocycles. The molecule has 1 saturated carbocycles. The van der Waals surface area contributed by atoms with E-state index in [0.29, 0.717) is 6.04 Å². The molecule has 1 amide bonds. The smallest absolute Gasteiger partial charge is 0.244 e. The number of rotatable bonds is 4. The van der Waals surface area contributed by atoms with Gasteiger partial charge in [-0.2, -0.15) is 0 Å². The third-order valence-corrected chi connectivity index (χ3v) is 6.76. The summed E-state index contributed by atoms with van der Waals surface area (Å²) < 4.78 is 0. The number of anilines is 1. The van der Waals surface area contributed by atoms with Crippen molar-refractivity contribution in [1.29, 1.82) is 0 Å². The molecule has 150 valence electrons. The molecule has 0 radical (unpaired) electrons. The molecule has 5 heteroatoms. The minimum Gasteiger partial charge on any atom is -0.393 e. The van der Waals surface area contributed by atoms with Crippen molar-refractivity contribution >= 4 is 11.6 Å². The van der Waals surface area contributed by atoms with E-state index in [0.717, 1.165) is 62.0 Å². The lowest BCUT2D eigenvalue weighted by molar-refractivity contribution is -0.130. The quantitative estimate of drug-likeness (QED) is 0.852. The van der Waals surface area contributed by atoms with E-state index in [1.54, 1.807) is 0 Å². The van der Waals surface area contributed by atoms with Crippen LogP contribution in [0, 0.1) is 13.8 Å². The SMILES string of the molecule is Cc1cccc(C)c1NC(=O)C1(N(C)C)CCN([C@@H]2CCC[C@@H](O)C2)CC1. The van der Waals surface area contributed by atoms with Crippen molar-refractivity contribution < 1.29 is 9.90 Å². The lowest BCUT2D eigenvalue weighted by Crippen LogP contribution is -2.61. The number of carbonyl (C=O) groups excluding carboxylic acids is 1. The number of piperidine rings is 1. The standard InChI is InChI=1S/C22H35N3O2/c1-16-7-5-8-17(2)20(16)23-21(27)22(24(3)4)11-13-25(14-12-22)18-9-6-10-19(26)15-18/h5,7-8,18-19,26H,6,9-15H2,1-4H3,(H,23,27)/t18-,19-/m1/s1. The number of likely N-dealkylation sites (N-methyl/N-ethyl adjacent to an activating group) is 1. The van der Waals surface area contributed by atoms with Gasteiger partial charge in [0, 0.05) is 24.8 Å². The molecule has 1 saturated heterocycles. The second-order valence-corrected chi connectivity index (χ2v) is 8.66. The summed E-state index contributed by atoms with van der Waals surface area (Å²) in [5.41, 5.74) is 2.68. The van der Waals surface area contributed by atoms with Crippen LogP contribution < -0.4 is 5.32 Å². The highest BCUT2D eigenvalue weighted by Crippen LogP contribution is 2.33. The highest BCUT2D eigenvalue weighted by molar-refractivity contribution is 5.99. The molecule has 2 atom stereocenters. The first kappa shape index (κ1) is 20.3. The van der Waals surface area contributed by atoms with Crippen molar-refractivity contribution in [1.82, 2.24) is 9.80 Å². The Morgan fingerprint density at radius 3 is 2.37 bits per heavy atom. The summed E-state index contributed by atoms with van der Waals surface area (Å²) in [6.07, 6.45) is 5.58. The largest absolute Gasteiger partial charge is 0.393 e. The van der Waals surface area contributed by atoms with E-state index in [2.05, 4.69) is 15.1 Å². The van der Waals surface area contributed by atoms with Crippen molar-refractivity contribution in [2.75, 3.05) is 32.5 Å². The molecule has 2 fully saturated rings. The molecule has 0 spiro atoms. The van der Waals surface area contributed by atoms with E-state index in [-0.39, 0.29) is 12.0 Å².